The van der Waals surface area contributed by atoms with Crippen LogP contribution in [-0.2, 0) is 9.59 Å². The summed E-state index contributed by atoms with van der Waals surface area (Å²) < 4.78 is 33.4. The first kappa shape index (κ1) is 18.2. The average Bonchev–Trinajstić information content (AvgIpc) is 2.91. The zero-order valence-corrected chi connectivity index (χ0v) is 13.9. The number of rotatable bonds is 4. The zero-order chi connectivity index (χ0) is 18.1. The molecule has 1 aromatic carbocycles. The first-order valence-corrected chi connectivity index (χ1v) is 7.80. The number of hydrogen-bond acceptors (Lipinski definition) is 3. The number of benzene rings is 1. The highest BCUT2D eigenvalue weighted by atomic mass is 19.1. The molecule has 1 saturated carbocycles. The fourth-order valence-electron chi connectivity index (χ4n) is 2.84. The molecule has 1 fully saturated rings. The van der Waals surface area contributed by atoms with Crippen molar-refractivity contribution in [3.05, 3.63) is 23.8 Å². The lowest BCUT2D eigenvalue weighted by atomic mass is 9.95. The maximum absolute atomic E-state index is 14.1. The molecule has 0 bridgehead atoms. The first-order chi connectivity index (χ1) is 11.1. The summed E-state index contributed by atoms with van der Waals surface area (Å²) in [5, 5.41) is 11.5. The number of halogens is 2. The molecule has 7 heteroatoms. The number of amides is 1. The molecule has 1 aromatic rings. The van der Waals surface area contributed by atoms with Crippen LogP contribution in [0, 0.1) is 23.5 Å². The van der Waals surface area contributed by atoms with Crippen molar-refractivity contribution in [1.29, 1.82) is 0 Å². The largest absolute Gasteiger partial charge is 0.482 e. The summed E-state index contributed by atoms with van der Waals surface area (Å²) in [6.07, 6.45) is 1.50. The number of carboxylic acids is 1. The van der Waals surface area contributed by atoms with E-state index in [0.717, 1.165) is 12.1 Å². The fourth-order valence-corrected chi connectivity index (χ4v) is 2.84. The molecule has 1 aliphatic carbocycles. The second-order valence-corrected chi connectivity index (χ2v) is 6.95. The third-order valence-corrected chi connectivity index (χ3v) is 3.84. The van der Waals surface area contributed by atoms with Crippen molar-refractivity contribution >= 4 is 17.6 Å². The number of aliphatic carboxylic acids is 1. The van der Waals surface area contributed by atoms with E-state index in [0.29, 0.717) is 19.3 Å². The van der Waals surface area contributed by atoms with Gasteiger partial charge in [0.05, 0.1) is 11.8 Å². The molecule has 0 heterocycles. The highest BCUT2D eigenvalue weighted by molar-refractivity contribution is 5.95. The van der Waals surface area contributed by atoms with Crippen LogP contribution < -0.4 is 10.1 Å². The maximum atomic E-state index is 14.1. The molecule has 0 unspecified atom stereocenters. The minimum Gasteiger partial charge on any atom is -0.482 e. The van der Waals surface area contributed by atoms with E-state index in [2.05, 4.69) is 5.32 Å². The summed E-state index contributed by atoms with van der Waals surface area (Å²) in [7, 11) is 0. The molecule has 2 N–H and O–H groups in total. The molecule has 0 aliphatic heterocycles. The molecule has 2 rings (SSSR count). The van der Waals surface area contributed by atoms with Gasteiger partial charge in [-0.2, -0.15) is 0 Å². The van der Waals surface area contributed by atoms with E-state index in [1.165, 1.54) is 0 Å². The summed E-state index contributed by atoms with van der Waals surface area (Å²) in [6.45, 7) is 4.98. The lowest BCUT2D eigenvalue weighted by Crippen LogP contribution is -2.30. The molecule has 2 atom stereocenters. The third-order valence-electron chi connectivity index (χ3n) is 3.84. The van der Waals surface area contributed by atoms with Gasteiger partial charge in [0.25, 0.3) is 0 Å². The zero-order valence-electron chi connectivity index (χ0n) is 13.9. The van der Waals surface area contributed by atoms with Crippen molar-refractivity contribution in [2.24, 2.45) is 11.8 Å². The van der Waals surface area contributed by atoms with Gasteiger partial charge in [0.1, 0.15) is 5.60 Å². The van der Waals surface area contributed by atoms with Gasteiger partial charge in [0.15, 0.2) is 17.4 Å². The van der Waals surface area contributed by atoms with Crippen molar-refractivity contribution in [1.82, 2.24) is 0 Å². The molecule has 0 spiro atoms. The van der Waals surface area contributed by atoms with Crippen LogP contribution in [0.2, 0.25) is 0 Å². The van der Waals surface area contributed by atoms with Gasteiger partial charge >= 0.3 is 5.97 Å². The summed E-state index contributed by atoms with van der Waals surface area (Å²) >= 11 is 0. The topological polar surface area (TPSA) is 75.6 Å². The Hall–Kier alpha value is -2.18. The van der Waals surface area contributed by atoms with E-state index >= 15 is 0 Å². The Morgan fingerprint density at radius 2 is 1.71 bits per heavy atom. The Balaban J connectivity index is 2.16. The van der Waals surface area contributed by atoms with Crippen molar-refractivity contribution in [2.75, 3.05) is 5.32 Å². The van der Waals surface area contributed by atoms with Crippen LogP contribution in [0.5, 0.6) is 5.75 Å². The number of nitrogens with one attached hydrogen (secondary N) is 1. The van der Waals surface area contributed by atoms with E-state index in [-0.39, 0.29) is 5.69 Å². The minimum atomic E-state index is -1.03. The molecule has 0 aromatic heterocycles. The van der Waals surface area contributed by atoms with Crippen LogP contribution in [0.4, 0.5) is 14.5 Å². The minimum absolute atomic E-state index is 0.0627. The Morgan fingerprint density at radius 1 is 1.17 bits per heavy atom. The van der Waals surface area contributed by atoms with Gasteiger partial charge in [-0.15, -0.1) is 0 Å². The van der Waals surface area contributed by atoms with Gasteiger partial charge < -0.3 is 15.2 Å². The van der Waals surface area contributed by atoms with E-state index in [9.17, 15) is 18.4 Å². The SMILES string of the molecule is CC(C)(C)Oc1c(F)cc(NC(=O)[C@@H]2CCC[C@@H]2C(=O)O)cc1F. The highest BCUT2D eigenvalue weighted by Crippen LogP contribution is 2.34. The predicted molar refractivity (Wildman–Crippen MR) is 83.8 cm³/mol. The van der Waals surface area contributed by atoms with E-state index < -0.39 is 46.7 Å². The number of anilines is 1. The smallest absolute Gasteiger partial charge is 0.307 e. The predicted octanol–water partition coefficient (Wildman–Crippen LogP) is 3.58. The second kappa shape index (κ2) is 6.75. The lowest BCUT2D eigenvalue weighted by molar-refractivity contribution is -0.145. The molecule has 0 radical (unpaired) electrons. The molecular formula is C17H21F2NO4. The van der Waals surface area contributed by atoms with Crippen molar-refractivity contribution in [3.63, 3.8) is 0 Å². The van der Waals surface area contributed by atoms with Gasteiger partial charge in [0.2, 0.25) is 5.91 Å². The van der Waals surface area contributed by atoms with Crippen LogP contribution in [0.1, 0.15) is 40.0 Å². The quantitative estimate of drug-likeness (QED) is 0.878. The first-order valence-electron chi connectivity index (χ1n) is 7.80. The van der Waals surface area contributed by atoms with Gasteiger partial charge in [0, 0.05) is 17.8 Å². The summed E-state index contributed by atoms with van der Waals surface area (Å²) in [4.78, 5) is 23.4. The van der Waals surface area contributed by atoms with Crippen molar-refractivity contribution in [3.8, 4) is 5.75 Å². The monoisotopic (exact) mass is 341 g/mol. The van der Waals surface area contributed by atoms with Gasteiger partial charge in [-0.05, 0) is 33.6 Å². The Kier molecular flexibility index (Phi) is 5.11. The fraction of sp³-hybridized carbons (Fsp3) is 0.529. The summed E-state index contributed by atoms with van der Waals surface area (Å²) in [6, 6.07) is 1.93. The molecule has 5 nitrogen and oxygen atoms in total. The van der Waals surface area contributed by atoms with Crippen molar-refractivity contribution < 1.29 is 28.2 Å². The van der Waals surface area contributed by atoms with Crippen LogP contribution in [0.15, 0.2) is 12.1 Å². The second-order valence-electron chi connectivity index (χ2n) is 6.95. The van der Waals surface area contributed by atoms with E-state index in [4.69, 9.17) is 9.84 Å². The van der Waals surface area contributed by atoms with Crippen molar-refractivity contribution in [2.45, 2.75) is 45.6 Å². The van der Waals surface area contributed by atoms with Crippen LogP contribution in [0.3, 0.4) is 0 Å². The van der Waals surface area contributed by atoms with Crippen LogP contribution in [-0.4, -0.2) is 22.6 Å². The Morgan fingerprint density at radius 3 is 2.21 bits per heavy atom. The van der Waals surface area contributed by atoms with Crippen LogP contribution >= 0.6 is 0 Å². The number of ether oxygens (including phenoxy) is 1. The number of carbonyl (C=O) groups excluding carboxylic acids is 1. The maximum Gasteiger partial charge on any atom is 0.307 e. The number of carboxylic acid groups (broad SMARTS) is 1. The molecule has 0 saturated heterocycles. The average molecular weight is 341 g/mol. The number of carbonyl (C=O) groups is 2. The van der Waals surface area contributed by atoms with E-state index in [1.807, 2.05) is 0 Å². The Bertz CT molecular complexity index is 631. The Labute approximate surface area is 139 Å². The highest BCUT2D eigenvalue weighted by Gasteiger charge is 2.37. The normalized spacial score (nSPS) is 20.7. The van der Waals surface area contributed by atoms with Crippen LogP contribution in [0.25, 0.3) is 0 Å². The van der Waals surface area contributed by atoms with Gasteiger partial charge in [-0.25, -0.2) is 8.78 Å². The van der Waals surface area contributed by atoms with E-state index in [1.54, 1.807) is 20.8 Å². The lowest BCUT2D eigenvalue weighted by Gasteiger charge is -2.22. The summed E-state index contributed by atoms with van der Waals surface area (Å²) in [5.41, 5.74) is -0.836. The standard InChI is InChI=1S/C17H21F2NO4/c1-17(2,3)24-14-12(18)7-9(8-13(14)19)20-15(21)10-5-4-6-11(10)16(22)23/h7-8,10-11H,4-6H2,1-3H3,(H,20,21)(H,22,23)/t10-,11+/m1/s1. The molecular weight excluding hydrogens is 320 g/mol. The molecule has 132 valence electrons. The molecule has 1 aliphatic rings. The number of hydrogen-bond donors (Lipinski definition) is 2. The van der Waals surface area contributed by atoms with Gasteiger partial charge in [-0.3, -0.25) is 9.59 Å². The third kappa shape index (κ3) is 4.21. The van der Waals surface area contributed by atoms with Gasteiger partial charge in [-0.1, -0.05) is 6.42 Å². The molecule has 24 heavy (non-hydrogen) atoms. The molecule has 1 amide bonds. The summed E-state index contributed by atoms with van der Waals surface area (Å²) in [5.74, 6) is -5.39.